The molecule has 0 aliphatic carbocycles. The Morgan fingerprint density at radius 3 is 2.59 bits per heavy atom. The highest BCUT2D eigenvalue weighted by molar-refractivity contribution is 6.07. The van der Waals surface area contributed by atoms with E-state index in [4.69, 9.17) is 9.47 Å². The molecule has 3 aromatic rings. The summed E-state index contributed by atoms with van der Waals surface area (Å²) in [7, 11) is 4.97. The number of aryl methyl sites for hydroxylation is 1. The molecular formula is C23H24N4O5. The lowest BCUT2D eigenvalue weighted by Gasteiger charge is -2.15. The molecule has 0 unspecified atom stereocenters. The molecule has 166 valence electrons. The van der Waals surface area contributed by atoms with E-state index in [1.807, 2.05) is 36.0 Å². The van der Waals surface area contributed by atoms with Gasteiger partial charge in [-0.2, -0.15) is 0 Å². The molecule has 1 atom stereocenters. The number of hydrogen-bond acceptors (Lipinski definition) is 5. The standard InChI is InChI=1S/C23H24N4O5/c1-26-9-8-15-5-6-16(11-18(15)26)24-21(28)12-17-22(29)27(23(30)25-17)13-14-4-7-19(31-2)20(10-14)32-3/h4-11,17H,12-13H2,1-3H3,(H,24,28)(H,25,30)/t17-/m0/s1. The Balaban J connectivity index is 1.40. The second-order valence-electron chi connectivity index (χ2n) is 7.57. The molecule has 0 radical (unpaired) electrons. The zero-order valence-electron chi connectivity index (χ0n) is 18.0. The summed E-state index contributed by atoms with van der Waals surface area (Å²) in [4.78, 5) is 38.8. The maximum Gasteiger partial charge on any atom is 0.325 e. The second kappa shape index (κ2) is 8.62. The fourth-order valence-corrected chi connectivity index (χ4v) is 3.76. The number of fused-ring (bicyclic) bond motifs is 1. The fourth-order valence-electron chi connectivity index (χ4n) is 3.76. The number of rotatable bonds is 7. The van der Waals surface area contributed by atoms with Crippen molar-refractivity contribution in [2.24, 2.45) is 7.05 Å². The average molecular weight is 436 g/mol. The van der Waals surface area contributed by atoms with Crippen LogP contribution in [0.2, 0.25) is 0 Å². The summed E-state index contributed by atoms with van der Waals surface area (Å²) >= 11 is 0. The van der Waals surface area contributed by atoms with E-state index in [-0.39, 0.29) is 18.9 Å². The van der Waals surface area contributed by atoms with E-state index in [0.717, 1.165) is 15.8 Å². The largest absolute Gasteiger partial charge is 0.493 e. The SMILES string of the molecule is COc1ccc(CN2C(=O)N[C@@H](CC(=O)Nc3ccc4ccn(C)c4c3)C2=O)cc1OC. The van der Waals surface area contributed by atoms with Crippen molar-refractivity contribution in [3.8, 4) is 11.5 Å². The molecule has 1 aliphatic rings. The lowest BCUT2D eigenvalue weighted by atomic mass is 10.1. The number of carbonyl (C=O) groups is 3. The highest BCUT2D eigenvalue weighted by Crippen LogP contribution is 2.28. The lowest BCUT2D eigenvalue weighted by molar-refractivity contribution is -0.130. The molecule has 1 saturated heterocycles. The maximum absolute atomic E-state index is 12.8. The number of aromatic nitrogens is 1. The summed E-state index contributed by atoms with van der Waals surface area (Å²) < 4.78 is 12.4. The first kappa shape index (κ1) is 21.2. The van der Waals surface area contributed by atoms with Crippen LogP contribution in [0.15, 0.2) is 48.7 Å². The Morgan fingerprint density at radius 2 is 1.84 bits per heavy atom. The molecule has 1 fully saturated rings. The number of ether oxygens (including phenoxy) is 2. The van der Waals surface area contributed by atoms with Gasteiger partial charge in [0.25, 0.3) is 5.91 Å². The van der Waals surface area contributed by atoms with Crippen LogP contribution in [0, 0.1) is 0 Å². The van der Waals surface area contributed by atoms with E-state index in [0.29, 0.717) is 22.7 Å². The van der Waals surface area contributed by atoms with Crippen molar-refractivity contribution >= 4 is 34.4 Å². The van der Waals surface area contributed by atoms with E-state index in [9.17, 15) is 14.4 Å². The zero-order chi connectivity index (χ0) is 22.8. The monoisotopic (exact) mass is 436 g/mol. The summed E-state index contributed by atoms with van der Waals surface area (Å²) in [5.74, 6) is 0.252. The molecule has 9 nitrogen and oxygen atoms in total. The summed E-state index contributed by atoms with van der Waals surface area (Å²) in [5, 5.41) is 6.46. The number of amides is 4. The number of urea groups is 1. The van der Waals surface area contributed by atoms with Gasteiger partial charge in [0.1, 0.15) is 6.04 Å². The van der Waals surface area contributed by atoms with Crippen molar-refractivity contribution in [1.29, 1.82) is 0 Å². The quantitative estimate of drug-likeness (QED) is 0.555. The Hall–Kier alpha value is -4.01. The van der Waals surface area contributed by atoms with Crippen LogP contribution in [0.3, 0.4) is 0 Å². The number of anilines is 1. The molecule has 0 saturated carbocycles. The third kappa shape index (κ3) is 4.09. The first-order valence-electron chi connectivity index (χ1n) is 10.1. The summed E-state index contributed by atoms with van der Waals surface area (Å²) in [6, 6.07) is 11.3. The van der Waals surface area contributed by atoms with Gasteiger partial charge in [-0.15, -0.1) is 0 Å². The van der Waals surface area contributed by atoms with Crippen LogP contribution in [-0.4, -0.2) is 47.6 Å². The van der Waals surface area contributed by atoms with Gasteiger partial charge in [0.2, 0.25) is 5.91 Å². The van der Waals surface area contributed by atoms with Crippen LogP contribution in [0.4, 0.5) is 10.5 Å². The molecule has 1 aromatic heterocycles. The molecule has 0 spiro atoms. The van der Waals surface area contributed by atoms with E-state index < -0.39 is 18.0 Å². The van der Waals surface area contributed by atoms with Crippen molar-refractivity contribution in [3.05, 3.63) is 54.2 Å². The van der Waals surface area contributed by atoms with Crippen molar-refractivity contribution in [2.45, 2.75) is 19.0 Å². The average Bonchev–Trinajstić information content (AvgIpc) is 3.27. The fraction of sp³-hybridized carbons (Fsp3) is 0.261. The Labute approximate surface area is 184 Å². The predicted molar refractivity (Wildman–Crippen MR) is 119 cm³/mol. The number of methoxy groups -OCH3 is 2. The predicted octanol–water partition coefficient (Wildman–Crippen LogP) is 2.64. The minimum absolute atomic E-state index is 0.0628. The second-order valence-corrected chi connectivity index (χ2v) is 7.57. The first-order valence-corrected chi connectivity index (χ1v) is 10.1. The van der Waals surface area contributed by atoms with E-state index in [1.54, 1.807) is 24.3 Å². The number of benzene rings is 2. The molecule has 4 rings (SSSR count). The summed E-state index contributed by atoms with van der Waals surface area (Å²) in [5.41, 5.74) is 2.31. The third-order valence-electron chi connectivity index (χ3n) is 5.46. The van der Waals surface area contributed by atoms with E-state index >= 15 is 0 Å². The van der Waals surface area contributed by atoms with Crippen molar-refractivity contribution in [3.63, 3.8) is 0 Å². The number of hydrogen-bond donors (Lipinski definition) is 2. The topological polar surface area (TPSA) is 102 Å². The molecule has 2 N–H and O–H groups in total. The minimum atomic E-state index is -0.915. The van der Waals surface area contributed by atoms with Gasteiger partial charge >= 0.3 is 6.03 Å². The molecular weight excluding hydrogens is 412 g/mol. The van der Waals surface area contributed by atoms with Crippen LogP contribution in [0.25, 0.3) is 10.9 Å². The molecule has 32 heavy (non-hydrogen) atoms. The molecule has 2 aromatic carbocycles. The minimum Gasteiger partial charge on any atom is -0.493 e. The maximum atomic E-state index is 12.8. The van der Waals surface area contributed by atoms with Crippen molar-refractivity contribution in [1.82, 2.24) is 14.8 Å². The molecule has 4 amide bonds. The highest BCUT2D eigenvalue weighted by Gasteiger charge is 2.39. The number of nitrogens with one attached hydrogen (secondary N) is 2. The Bertz CT molecular complexity index is 1200. The van der Waals surface area contributed by atoms with E-state index in [1.165, 1.54) is 14.2 Å². The van der Waals surface area contributed by atoms with Gasteiger partial charge in [-0.05, 0) is 41.3 Å². The third-order valence-corrected chi connectivity index (χ3v) is 5.46. The smallest absolute Gasteiger partial charge is 0.325 e. The molecule has 9 heteroatoms. The highest BCUT2D eigenvalue weighted by atomic mass is 16.5. The number of imide groups is 1. The summed E-state index contributed by atoms with van der Waals surface area (Å²) in [6.07, 6.45) is 1.79. The van der Waals surface area contributed by atoms with Crippen LogP contribution in [0.5, 0.6) is 11.5 Å². The molecule has 2 heterocycles. The van der Waals surface area contributed by atoms with Gasteiger partial charge in [-0.1, -0.05) is 12.1 Å². The number of carbonyl (C=O) groups excluding carboxylic acids is 3. The van der Waals surface area contributed by atoms with Gasteiger partial charge in [0, 0.05) is 24.4 Å². The van der Waals surface area contributed by atoms with Gasteiger partial charge in [-0.3, -0.25) is 14.5 Å². The normalized spacial score (nSPS) is 15.7. The first-order chi connectivity index (χ1) is 15.4. The lowest BCUT2D eigenvalue weighted by Crippen LogP contribution is -2.34. The molecule has 0 bridgehead atoms. The van der Waals surface area contributed by atoms with Gasteiger partial charge in [0.05, 0.1) is 27.2 Å². The van der Waals surface area contributed by atoms with Gasteiger partial charge in [0.15, 0.2) is 11.5 Å². The molecule has 1 aliphatic heterocycles. The van der Waals surface area contributed by atoms with Crippen LogP contribution >= 0.6 is 0 Å². The Kier molecular flexibility index (Phi) is 5.72. The Morgan fingerprint density at radius 1 is 1.06 bits per heavy atom. The van der Waals surface area contributed by atoms with Gasteiger partial charge < -0.3 is 24.7 Å². The van der Waals surface area contributed by atoms with E-state index in [2.05, 4.69) is 10.6 Å². The van der Waals surface area contributed by atoms with Crippen molar-refractivity contribution < 1.29 is 23.9 Å². The van der Waals surface area contributed by atoms with Crippen LogP contribution in [-0.2, 0) is 23.2 Å². The van der Waals surface area contributed by atoms with Crippen molar-refractivity contribution in [2.75, 3.05) is 19.5 Å². The zero-order valence-corrected chi connectivity index (χ0v) is 18.0. The van der Waals surface area contributed by atoms with Crippen LogP contribution < -0.4 is 20.1 Å². The van der Waals surface area contributed by atoms with Crippen LogP contribution in [0.1, 0.15) is 12.0 Å². The number of nitrogens with zero attached hydrogens (tertiary/aromatic N) is 2. The summed E-state index contributed by atoms with van der Waals surface area (Å²) in [6.45, 7) is 0.0628. The van der Waals surface area contributed by atoms with Gasteiger partial charge in [-0.25, -0.2) is 4.79 Å².